The molecule has 4 atom stereocenters. The lowest BCUT2D eigenvalue weighted by Crippen LogP contribution is -2.46. The van der Waals surface area contributed by atoms with Crippen LogP contribution in [0.25, 0.3) is 0 Å². The Morgan fingerprint density at radius 3 is 1.98 bits per heavy atom. The first-order chi connectivity index (χ1) is 20.2. The highest BCUT2D eigenvalue weighted by Crippen LogP contribution is 2.49. The van der Waals surface area contributed by atoms with Gasteiger partial charge < -0.3 is 24.6 Å². The molecule has 0 aliphatic carbocycles. The molecule has 0 spiro atoms. The Morgan fingerprint density at radius 1 is 0.881 bits per heavy atom. The van der Waals surface area contributed by atoms with Gasteiger partial charge in [0.05, 0.1) is 0 Å². The number of nitrogens with one attached hydrogen (secondary N) is 1. The van der Waals surface area contributed by atoms with Gasteiger partial charge in [0.2, 0.25) is 0 Å². The predicted octanol–water partition coefficient (Wildman–Crippen LogP) is 4.81. The number of alkyl carbamates (subject to hydrolysis) is 1. The molecule has 0 radical (unpaired) electrons. The minimum atomic E-state index is -4.64. The number of nitrogens with zero attached hydrogens (tertiary/aromatic N) is 1. The molecule has 10 nitrogen and oxygen atoms in total. The summed E-state index contributed by atoms with van der Waals surface area (Å²) in [6, 6.07) is 26.2. The molecular weight excluding hydrogens is 559 g/mol. The number of amides is 2. The van der Waals surface area contributed by atoms with Gasteiger partial charge in [-0.05, 0) is 36.5 Å². The molecular formula is C31H35N2O8P. The lowest BCUT2D eigenvalue weighted by molar-refractivity contribution is -0.156. The Kier molecular flexibility index (Phi) is 10.9. The summed E-state index contributed by atoms with van der Waals surface area (Å²) in [5.74, 6) is -2.56. The van der Waals surface area contributed by atoms with E-state index in [1.165, 1.54) is 11.8 Å². The van der Waals surface area contributed by atoms with Crippen LogP contribution in [-0.2, 0) is 47.8 Å². The number of rotatable bonds is 12. The lowest BCUT2D eigenvalue weighted by Gasteiger charge is -2.29. The van der Waals surface area contributed by atoms with Crippen molar-refractivity contribution in [2.24, 2.45) is 0 Å². The van der Waals surface area contributed by atoms with Gasteiger partial charge in [0.15, 0.2) is 0 Å². The van der Waals surface area contributed by atoms with Gasteiger partial charge >= 0.3 is 19.7 Å². The fraction of sp³-hybridized carbons (Fsp3) is 0.323. The van der Waals surface area contributed by atoms with Crippen LogP contribution in [0.3, 0.4) is 0 Å². The van der Waals surface area contributed by atoms with Gasteiger partial charge in [0.25, 0.3) is 5.91 Å². The number of likely N-dealkylation sites (tertiary alicyclic amines) is 1. The van der Waals surface area contributed by atoms with E-state index in [0.29, 0.717) is 18.4 Å². The van der Waals surface area contributed by atoms with E-state index in [1.807, 2.05) is 36.4 Å². The Labute approximate surface area is 245 Å². The normalized spacial score (nSPS) is 17.5. The zero-order chi connectivity index (χ0) is 30.0. The van der Waals surface area contributed by atoms with Crippen molar-refractivity contribution in [1.29, 1.82) is 0 Å². The molecule has 2 unspecified atom stereocenters. The van der Waals surface area contributed by atoms with Gasteiger partial charge in [-0.1, -0.05) is 91.0 Å². The van der Waals surface area contributed by atoms with E-state index >= 15 is 0 Å². The average molecular weight is 595 g/mol. The van der Waals surface area contributed by atoms with E-state index < -0.39 is 43.5 Å². The van der Waals surface area contributed by atoms with E-state index in [1.54, 1.807) is 54.6 Å². The highest BCUT2D eigenvalue weighted by atomic mass is 31.2. The van der Waals surface area contributed by atoms with Crippen LogP contribution < -0.4 is 5.32 Å². The molecule has 1 saturated heterocycles. The fourth-order valence-electron chi connectivity index (χ4n) is 4.67. The molecule has 222 valence electrons. The van der Waals surface area contributed by atoms with Crippen LogP contribution >= 0.6 is 7.60 Å². The summed E-state index contributed by atoms with van der Waals surface area (Å²) in [4.78, 5) is 51.1. The fourth-order valence-corrected chi connectivity index (χ4v) is 6.07. The minimum Gasteiger partial charge on any atom is -0.459 e. The first-order valence-electron chi connectivity index (χ1n) is 13.8. The molecule has 0 bridgehead atoms. The smallest absolute Gasteiger partial charge is 0.408 e. The van der Waals surface area contributed by atoms with Crippen LogP contribution in [0.2, 0.25) is 0 Å². The molecule has 11 heteroatoms. The number of hydrogen-bond acceptors (Lipinski definition) is 7. The lowest BCUT2D eigenvalue weighted by atomic mass is 10.1. The monoisotopic (exact) mass is 594 g/mol. The minimum absolute atomic E-state index is 0.0348. The molecule has 1 heterocycles. The van der Waals surface area contributed by atoms with Crippen molar-refractivity contribution in [3.63, 3.8) is 0 Å². The molecule has 42 heavy (non-hydrogen) atoms. The first-order valence-corrected chi connectivity index (χ1v) is 15.4. The Morgan fingerprint density at radius 2 is 1.40 bits per heavy atom. The van der Waals surface area contributed by atoms with Crippen LogP contribution in [0.1, 0.15) is 36.5 Å². The van der Waals surface area contributed by atoms with E-state index in [0.717, 1.165) is 11.1 Å². The summed E-state index contributed by atoms with van der Waals surface area (Å²) in [5.41, 5.74) is 2.24. The molecule has 4 rings (SSSR count). The van der Waals surface area contributed by atoms with Gasteiger partial charge in [-0.25, -0.2) is 9.59 Å². The van der Waals surface area contributed by atoms with Gasteiger partial charge in [-0.15, -0.1) is 0 Å². The maximum atomic E-state index is 13.5. The largest absolute Gasteiger partial charge is 0.459 e. The zero-order valence-electron chi connectivity index (χ0n) is 23.3. The molecule has 0 aromatic heterocycles. The zero-order valence-corrected chi connectivity index (χ0v) is 24.2. The van der Waals surface area contributed by atoms with E-state index in [4.69, 9.17) is 14.0 Å². The number of ether oxygens (including phenoxy) is 2. The van der Waals surface area contributed by atoms with Gasteiger partial charge in [0, 0.05) is 13.0 Å². The van der Waals surface area contributed by atoms with Crippen LogP contribution in [-0.4, -0.2) is 52.2 Å². The van der Waals surface area contributed by atoms with Crippen molar-refractivity contribution in [3.05, 3.63) is 108 Å². The van der Waals surface area contributed by atoms with Gasteiger partial charge in [-0.2, -0.15) is 0 Å². The van der Waals surface area contributed by atoms with Crippen molar-refractivity contribution in [2.45, 2.75) is 57.3 Å². The van der Waals surface area contributed by atoms with Crippen molar-refractivity contribution in [1.82, 2.24) is 10.2 Å². The Balaban J connectivity index is 1.40. The van der Waals surface area contributed by atoms with Crippen molar-refractivity contribution < 1.29 is 37.8 Å². The average Bonchev–Trinajstić information content (AvgIpc) is 3.50. The topological polar surface area (TPSA) is 131 Å². The van der Waals surface area contributed by atoms with Gasteiger partial charge in [-0.3, -0.25) is 13.9 Å². The predicted molar refractivity (Wildman–Crippen MR) is 155 cm³/mol. The number of hydrogen-bond donors (Lipinski definition) is 2. The second-order valence-electron chi connectivity index (χ2n) is 10.0. The van der Waals surface area contributed by atoms with Crippen molar-refractivity contribution in [2.75, 3.05) is 6.54 Å². The Bertz CT molecular complexity index is 1370. The molecule has 3 aromatic rings. The molecule has 1 aliphatic rings. The maximum Gasteiger partial charge on any atom is 0.408 e. The summed E-state index contributed by atoms with van der Waals surface area (Å²) in [7, 11) is -4.64. The summed E-state index contributed by atoms with van der Waals surface area (Å²) in [5, 5.41) is 2.45. The number of esters is 1. The third kappa shape index (κ3) is 8.76. The number of carbonyl (C=O) groups excluding carboxylic acids is 3. The highest BCUT2D eigenvalue weighted by molar-refractivity contribution is 7.53. The second-order valence-corrected chi connectivity index (χ2v) is 12.0. The van der Waals surface area contributed by atoms with Crippen LogP contribution in [0.4, 0.5) is 4.79 Å². The van der Waals surface area contributed by atoms with Gasteiger partial charge in [0.1, 0.15) is 31.1 Å². The number of benzene rings is 3. The van der Waals surface area contributed by atoms with E-state index in [9.17, 15) is 23.8 Å². The Hall–Kier alpha value is -3.98. The van der Waals surface area contributed by atoms with Crippen LogP contribution in [0.5, 0.6) is 0 Å². The standard InChI is InChI=1S/C31H35N2O8P/c1-23(29(34)33-19-11-18-27(33)30(35)39-21-25-14-7-3-8-15-25)41-42(37,38)28(20-24-12-5-2-6-13-24)32-31(36)40-22-26-16-9-4-10-17-26/h2-10,12-17,23,27-28H,11,18-22H2,1H3,(H,32,36)(H,37,38)/t23-,27-,28?/m0/s1. The molecule has 1 fully saturated rings. The van der Waals surface area contributed by atoms with Crippen LogP contribution in [0.15, 0.2) is 91.0 Å². The molecule has 2 N–H and O–H groups in total. The third-order valence-corrected chi connectivity index (χ3v) is 8.57. The SMILES string of the molecule is C[C@H](OP(=O)(O)C(Cc1ccccc1)NC(=O)OCc1ccccc1)C(=O)N1CCC[C@H]1C(=O)OCc1ccccc1. The molecule has 2 amide bonds. The maximum absolute atomic E-state index is 13.5. The van der Waals surface area contributed by atoms with Crippen molar-refractivity contribution in [3.8, 4) is 0 Å². The molecule has 3 aromatic carbocycles. The summed E-state index contributed by atoms with van der Waals surface area (Å²) in [6.45, 7) is 1.67. The van der Waals surface area contributed by atoms with E-state index in [2.05, 4.69) is 5.32 Å². The molecule has 0 saturated carbocycles. The summed E-state index contributed by atoms with van der Waals surface area (Å²) >= 11 is 0. The first kappa shape index (κ1) is 31.0. The highest BCUT2D eigenvalue weighted by Gasteiger charge is 2.42. The van der Waals surface area contributed by atoms with Crippen LogP contribution in [0, 0.1) is 0 Å². The van der Waals surface area contributed by atoms with Crippen molar-refractivity contribution >= 4 is 25.6 Å². The number of carbonyl (C=O) groups is 3. The quantitative estimate of drug-likeness (QED) is 0.226. The summed E-state index contributed by atoms with van der Waals surface area (Å²) in [6.07, 6.45) is -1.34. The second kappa shape index (κ2) is 14.8. The molecule has 1 aliphatic heterocycles. The van der Waals surface area contributed by atoms with E-state index in [-0.39, 0.29) is 26.2 Å². The summed E-state index contributed by atoms with van der Waals surface area (Å²) < 4.78 is 29.7. The third-order valence-electron chi connectivity index (χ3n) is 6.85.